The molecule has 0 aromatic heterocycles. The first-order valence-electron chi connectivity index (χ1n) is 6.24. The van der Waals surface area contributed by atoms with E-state index in [9.17, 15) is 5.11 Å². The van der Waals surface area contributed by atoms with Crippen LogP contribution in [0, 0.1) is 0 Å². The molecule has 2 rings (SSSR count). The van der Waals surface area contributed by atoms with Crippen LogP contribution in [0.5, 0.6) is 0 Å². The van der Waals surface area contributed by atoms with Crippen LogP contribution >= 0.6 is 0 Å². The predicted octanol–water partition coefficient (Wildman–Crippen LogP) is -2.32. The number of hydrogen-bond acceptors (Lipinski definition) is 6. The van der Waals surface area contributed by atoms with Gasteiger partial charge in [-0.05, 0) is 7.05 Å². The summed E-state index contributed by atoms with van der Waals surface area (Å²) in [6.07, 6.45) is -1.31. The van der Waals surface area contributed by atoms with Crippen LogP contribution in [0.3, 0.4) is 0 Å². The monoisotopic (exact) mass is 245 g/mol. The van der Waals surface area contributed by atoms with Gasteiger partial charge in [-0.1, -0.05) is 0 Å². The largest absolute Gasteiger partial charge is 0.394 e. The number of aliphatic hydroxyl groups is 2. The van der Waals surface area contributed by atoms with E-state index in [1.807, 2.05) is 0 Å². The normalized spacial score (nSPS) is 40.9. The van der Waals surface area contributed by atoms with Gasteiger partial charge in [-0.25, -0.2) is 0 Å². The van der Waals surface area contributed by atoms with Crippen LogP contribution < -0.4 is 5.73 Å². The summed E-state index contributed by atoms with van der Waals surface area (Å²) in [5, 5.41) is 19.3. The third-order valence-electron chi connectivity index (χ3n) is 3.83. The molecule has 0 radical (unpaired) electrons. The Hall–Kier alpha value is -0.240. The molecule has 0 bridgehead atoms. The highest BCUT2D eigenvalue weighted by Gasteiger charge is 2.45. The van der Waals surface area contributed by atoms with Crippen molar-refractivity contribution in [2.75, 3.05) is 46.4 Å². The van der Waals surface area contributed by atoms with Crippen molar-refractivity contribution in [1.82, 2.24) is 9.80 Å². The van der Waals surface area contributed by atoms with E-state index in [1.165, 1.54) is 0 Å². The lowest BCUT2D eigenvalue weighted by Crippen LogP contribution is -2.56. The third-order valence-corrected chi connectivity index (χ3v) is 3.83. The van der Waals surface area contributed by atoms with E-state index in [0.29, 0.717) is 6.54 Å². The van der Waals surface area contributed by atoms with Gasteiger partial charge in [0, 0.05) is 32.7 Å². The summed E-state index contributed by atoms with van der Waals surface area (Å²) in [6, 6.07) is -0.0779. The topological polar surface area (TPSA) is 82.2 Å². The number of hydrogen-bond donors (Lipinski definition) is 3. The van der Waals surface area contributed by atoms with Gasteiger partial charge in [-0.2, -0.15) is 0 Å². The van der Waals surface area contributed by atoms with Crippen molar-refractivity contribution in [3.8, 4) is 0 Å². The zero-order valence-corrected chi connectivity index (χ0v) is 10.3. The molecule has 0 aliphatic carbocycles. The number of aliphatic hydroxyl groups excluding tert-OH is 2. The van der Waals surface area contributed by atoms with Crippen molar-refractivity contribution in [1.29, 1.82) is 0 Å². The summed E-state index contributed by atoms with van der Waals surface area (Å²) in [6.45, 7) is 4.04. The summed E-state index contributed by atoms with van der Waals surface area (Å²) >= 11 is 0. The van der Waals surface area contributed by atoms with E-state index >= 15 is 0 Å². The minimum Gasteiger partial charge on any atom is -0.394 e. The molecule has 2 fully saturated rings. The van der Waals surface area contributed by atoms with Crippen LogP contribution in [0.25, 0.3) is 0 Å². The van der Waals surface area contributed by atoms with Crippen LogP contribution in [0.15, 0.2) is 0 Å². The molecule has 0 aromatic carbocycles. The van der Waals surface area contributed by atoms with E-state index in [0.717, 1.165) is 26.2 Å². The second-order valence-electron chi connectivity index (χ2n) is 4.95. The van der Waals surface area contributed by atoms with Crippen molar-refractivity contribution in [2.24, 2.45) is 5.73 Å². The molecule has 0 spiro atoms. The molecule has 6 heteroatoms. The summed E-state index contributed by atoms with van der Waals surface area (Å²) in [4.78, 5) is 4.50. The molecule has 0 aromatic rings. The molecule has 0 amide bonds. The van der Waals surface area contributed by atoms with Crippen LogP contribution in [0.2, 0.25) is 0 Å². The van der Waals surface area contributed by atoms with Crippen LogP contribution in [-0.2, 0) is 4.74 Å². The van der Waals surface area contributed by atoms with E-state index in [4.69, 9.17) is 15.6 Å². The van der Waals surface area contributed by atoms with Gasteiger partial charge in [-0.3, -0.25) is 4.90 Å². The van der Waals surface area contributed by atoms with Gasteiger partial charge in [0.25, 0.3) is 0 Å². The van der Waals surface area contributed by atoms with Gasteiger partial charge in [-0.15, -0.1) is 0 Å². The summed E-state index contributed by atoms with van der Waals surface area (Å²) < 4.78 is 5.58. The maximum atomic E-state index is 10.2. The Balaban J connectivity index is 2.02. The third kappa shape index (κ3) is 2.62. The minimum absolute atomic E-state index is 0.0779. The van der Waals surface area contributed by atoms with E-state index in [1.54, 1.807) is 0 Å². The molecule has 2 aliphatic heterocycles. The first kappa shape index (κ1) is 13.2. The van der Waals surface area contributed by atoms with Gasteiger partial charge in [0.2, 0.25) is 0 Å². The van der Waals surface area contributed by atoms with Crippen molar-refractivity contribution in [2.45, 2.75) is 24.4 Å². The maximum absolute atomic E-state index is 10.2. The van der Waals surface area contributed by atoms with Gasteiger partial charge in [0.15, 0.2) is 0 Å². The maximum Gasteiger partial charge on any atom is 0.109 e. The van der Waals surface area contributed by atoms with E-state index in [2.05, 4.69) is 16.8 Å². The Bertz CT molecular complexity index is 244. The quantitative estimate of drug-likeness (QED) is 0.518. The van der Waals surface area contributed by atoms with Crippen molar-refractivity contribution >= 4 is 0 Å². The van der Waals surface area contributed by atoms with E-state index < -0.39 is 12.2 Å². The zero-order valence-electron chi connectivity index (χ0n) is 10.3. The molecule has 6 nitrogen and oxygen atoms in total. The number of nitrogens with two attached hydrogens (primary N) is 1. The minimum atomic E-state index is -0.642. The smallest absolute Gasteiger partial charge is 0.109 e. The van der Waals surface area contributed by atoms with Crippen LogP contribution in [-0.4, -0.2) is 90.7 Å². The molecular weight excluding hydrogens is 222 g/mol. The fraction of sp³-hybridized carbons (Fsp3) is 1.00. The Morgan fingerprint density at radius 3 is 2.41 bits per heavy atom. The molecule has 2 saturated heterocycles. The lowest BCUT2D eigenvalue weighted by Gasteiger charge is -2.39. The van der Waals surface area contributed by atoms with Gasteiger partial charge >= 0.3 is 0 Å². The van der Waals surface area contributed by atoms with Crippen molar-refractivity contribution in [3.63, 3.8) is 0 Å². The standard InChI is InChI=1S/C11H23N3O3/c1-13-2-4-14(5-3-13)10-8(6-12)17-9(7-15)11(10)16/h8-11,15-16H,2-7,12H2,1H3/t8-,9+,10-,11+/m1/s1. The number of likely N-dealkylation sites (N-methyl/N-ethyl adjacent to an activating group) is 1. The SMILES string of the molecule is CN1CCN([C@H]2[C@@H](O)[C@H](CO)O[C@@H]2CN)CC1. The first-order valence-corrected chi connectivity index (χ1v) is 6.24. The lowest BCUT2D eigenvalue weighted by atomic mass is 10.0. The summed E-state index contributed by atoms with van der Waals surface area (Å²) in [5.41, 5.74) is 5.68. The highest BCUT2D eigenvalue weighted by Crippen LogP contribution is 2.26. The van der Waals surface area contributed by atoms with Crippen molar-refractivity contribution < 1.29 is 14.9 Å². The number of ether oxygens (including phenoxy) is 1. The number of nitrogens with zero attached hydrogens (tertiary/aromatic N) is 2. The van der Waals surface area contributed by atoms with Crippen LogP contribution in [0.1, 0.15) is 0 Å². The van der Waals surface area contributed by atoms with Gasteiger partial charge in [0.05, 0.1) is 18.8 Å². The Kier molecular flexibility index (Phi) is 4.35. The second kappa shape index (κ2) is 5.60. The number of piperazine rings is 1. The van der Waals surface area contributed by atoms with E-state index in [-0.39, 0.29) is 18.8 Å². The molecule has 17 heavy (non-hydrogen) atoms. The number of rotatable bonds is 3. The fourth-order valence-corrected chi connectivity index (χ4v) is 2.74. The molecule has 100 valence electrons. The highest BCUT2D eigenvalue weighted by atomic mass is 16.5. The molecule has 0 unspecified atom stereocenters. The molecule has 0 saturated carbocycles. The van der Waals surface area contributed by atoms with Crippen molar-refractivity contribution in [3.05, 3.63) is 0 Å². The van der Waals surface area contributed by atoms with Gasteiger partial charge < -0.3 is 25.6 Å². The molecule has 2 aliphatic rings. The van der Waals surface area contributed by atoms with Crippen LogP contribution in [0.4, 0.5) is 0 Å². The molecular formula is C11H23N3O3. The predicted molar refractivity (Wildman–Crippen MR) is 63.7 cm³/mol. The Morgan fingerprint density at radius 1 is 1.24 bits per heavy atom. The fourth-order valence-electron chi connectivity index (χ4n) is 2.74. The average molecular weight is 245 g/mol. The second-order valence-corrected chi connectivity index (χ2v) is 4.95. The molecule has 4 N–H and O–H groups in total. The molecule has 4 atom stereocenters. The highest BCUT2D eigenvalue weighted by molar-refractivity contribution is 4.98. The lowest BCUT2D eigenvalue weighted by molar-refractivity contribution is -0.0193. The Morgan fingerprint density at radius 2 is 1.88 bits per heavy atom. The summed E-state index contributed by atoms with van der Waals surface area (Å²) in [5.74, 6) is 0. The Labute approximate surface area is 102 Å². The first-order chi connectivity index (χ1) is 8.17. The van der Waals surface area contributed by atoms with Gasteiger partial charge in [0.1, 0.15) is 12.2 Å². The molecule has 2 heterocycles. The zero-order chi connectivity index (χ0) is 12.4. The average Bonchev–Trinajstić information content (AvgIpc) is 2.67. The summed E-state index contributed by atoms with van der Waals surface area (Å²) in [7, 11) is 2.09.